The van der Waals surface area contributed by atoms with E-state index in [1.54, 1.807) is 7.05 Å². The van der Waals surface area contributed by atoms with Crippen LogP contribution in [0.15, 0.2) is 53.7 Å². The van der Waals surface area contributed by atoms with Crippen LogP contribution >= 0.6 is 0 Å². The molecule has 2 aliphatic rings. The number of benzene rings is 2. The minimum Gasteiger partial charge on any atom is -0.327 e. The van der Waals surface area contributed by atoms with Gasteiger partial charge in [0.1, 0.15) is 6.54 Å². The van der Waals surface area contributed by atoms with Gasteiger partial charge in [-0.05, 0) is 49.6 Å². The first kappa shape index (κ1) is 20.7. The van der Waals surface area contributed by atoms with Crippen molar-refractivity contribution in [2.75, 3.05) is 25.5 Å². The fourth-order valence-corrected chi connectivity index (χ4v) is 4.18. The van der Waals surface area contributed by atoms with E-state index >= 15 is 0 Å². The van der Waals surface area contributed by atoms with Crippen molar-refractivity contribution in [2.24, 2.45) is 0 Å². The molecule has 0 unspecified atom stereocenters. The summed E-state index contributed by atoms with van der Waals surface area (Å²) >= 11 is 0. The summed E-state index contributed by atoms with van der Waals surface area (Å²) < 4.78 is 0. The molecule has 0 saturated carbocycles. The molecule has 0 aromatic heterocycles. The Morgan fingerprint density at radius 1 is 1.03 bits per heavy atom. The molecule has 0 bridgehead atoms. The smallest absolute Gasteiger partial charge is 0.322 e. The van der Waals surface area contributed by atoms with E-state index < -0.39 is 6.04 Å². The van der Waals surface area contributed by atoms with Crippen molar-refractivity contribution in [3.05, 3.63) is 76.0 Å². The SMILES string of the molecule is Cc1ccc([C@@H]2NC(=O)N(C)C3=C2C(=O)N(CC(=O)Nc2cc(C)cc(C)c2)C3)cc1. The summed E-state index contributed by atoms with van der Waals surface area (Å²) in [7, 11) is 1.64. The first-order valence-electron chi connectivity index (χ1n) is 10.2. The van der Waals surface area contributed by atoms with Gasteiger partial charge in [0.15, 0.2) is 0 Å². The molecule has 2 aromatic carbocycles. The Morgan fingerprint density at radius 3 is 2.32 bits per heavy atom. The maximum absolute atomic E-state index is 13.2. The summed E-state index contributed by atoms with van der Waals surface area (Å²) in [4.78, 5) is 41.4. The molecule has 0 fully saturated rings. The van der Waals surface area contributed by atoms with E-state index in [9.17, 15) is 14.4 Å². The van der Waals surface area contributed by atoms with Crippen LogP contribution in [-0.2, 0) is 9.59 Å². The van der Waals surface area contributed by atoms with Gasteiger partial charge in [-0.25, -0.2) is 4.79 Å². The molecule has 7 heteroatoms. The molecule has 2 N–H and O–H groups in total. The molecule has 0 saturated heterocycles. The summed E-state index contributed by atoms with van der Waals surface area (Å²) in [5.74, 6) is -0.505. The molecular formula is C24H26N4O3. The topological polar surface area (TPSA) is 81.8 Å². The summed E-state index contributed by atoms with van der Waals surface area (Å²) in [5, 5.41) is 5.78. The summed E-state index contributed by atoms with van der Waals surface area (Å²) in [5.41, 5.74) is 5.91. The molecule has 2 aliphatic heterocycles. The van der Waals surface area contributed by atoms with Crippen molar-refractivity contribution in [1.29, 1.82) is 0 Å². The zero-order valence-corrected chi connectivity index (χ0v) is 18.2. The van der Waals surface area contributed by atoms with Crippen molar-refractivity contribution in [1.82, 2.24) is 15.1 Å². The Kier molecular flexibility index (Phi) is 5.27. The second-order valence-electron chi connectivity index (χ2n) is 8.30. The Bertz CT molecular complexity index is 1080. The highest BCUT2D eigenvalue weighted by Crippen LogP contribution is 2.35. The van der Waals surface area contributed by atoms with Crippen LogP contribution in [0, 0.1) is 20.8 Å². The fraction of sp³-hybridized carbons (Fsp3) is 0.292. The van der Waals surface area contributed by atoms with Gasteiger partial charge in [0.25, 0.3) is 5.91 Å². The molecule has 160 valence electrons. The van der Waals surface area contributed by atoms with E-state index in [-0.39, 0.29) is 30.9 Å². The third-order valence-electron chi connectivity index (χ3n) is 5.69. The lowest BCUT2D eigenvalue weighted by molar-refractivity contribution is -0.130. The van der Waals surface area contributed by atoms with Gasteiger partial charge >= 0.3 is 6.03 Å². The van der Waals surface area contributed by atoms with Gasteiger partial charge in [0.2, 0.25) is 5.91 Å². The van der Waals surface area contributed by atoms with Crippen molar-refractivity contribution in [3.8, 4) is 0 Å². The molecule has 4 amide bonds. The molecule has 0 radical (unpaired) electrons. The number of anilines is 1. The Labute approximate surface area is 181 Å². The van der Waals surface area contributed by atoms with E-state index in [0.717, 1.165) is 22.3 Å². The van der Waals surface area contributed by atoms with Crippen molar-refractivity contribution in [2.45, 2.75) is 26.8 Å². The average Bonchev–Trinajstić information content (AvgIpc) is 3.01. The van der Waals surface area contributed by atoms with Crippen molar-refractivity contribution >= 4 is 23.5 Å². The number of amides is 4. The predicted octanol–water partition coefficient (Wildman–Crippen LogP) is 3.04. The van der Waals surface area contributed by atoms with Crippen LogP contribution in [0.2, 0.25) is 0 Å². The van der Waals surface area contributed by atoms with Crippen molar-refractivity contribution in [3.63, 3.8) is 0 Å². The van der Waals surface area contributed by atoms with Crippen LogP contribution in [0.5, 0.6) is 0 Å². The van der Waals surface area contributed by atoms with E-state index in [1.807, 2.05) is 63.2 Å². The lowest BCUT2D eigenvalue weighted by atomic mass is 9.95. The number of nitrogens with zero attached hydrogens (tertiary/aromatic N) is 2. The van der Waals surface area contributed by atoms with Gasteiger partial charge in [-0.3, -0.25) is 14.5 Å². The van der Waals surface area contributed by atoms with E-state index in [4.69, 9.17) is 0 Å². The molecule has 2 heterocycles. The fourth-order valence-electron chi connectivity index (χ4n) is 4.18. The molecule has 31 heavy (non-hydrogen) atoms. The number of nitrogens with one attached hydrogen (secondary N) is 2. The number of rotatable bonds is 4. The highest BCUT2D eigenvalue weighted by molar-refractivity contribution is 6.04. The second-order valence-corrected chi connectivity index (χ2v) is 8.30. The summed E-state index contributed by atoms with van der Waals surface area (Å²) in [6, 6.07) is 12.8. The molecule has 4 rings (SSSR count). The van der Waals surface area contributed by atoms with Crippen LogP contribution in [0.25, 0.3) is 0 Å². The normalized spacial score (nSPS) is 18.3. The van der Waals surface area contributed by atoms with Gasteiger partial charge in [-0.2, -0.15) is 0 Å². The van der Waals surface area contributed by atoms with Crippen LogP contribution in [0.3, 0.4) is 0 Å². The molecule has 2 aromatic rings. The molecule has 0 spiro atoms. The van der Waals surface area contributed by atoms with Gasteiger partial charge < -0.3 is 15.5 Å². The largest absolute Gasteiger partial charge is 0.327 e. The Balaban J connectivity index is 1.54. The van der Waals surface area contributed by atoms with Crippen LogP contribution < -0.4 is 10.6 Å². The van der Waals surface area contributed by atoms with Crippen LogP contribution in [0.4, 0.5) is 10.5 Å². The minimum atomic E-state index is -0.528. The predicted molar refractivity (Wildman–Crippen MR) is 118 cm³/mol. The standard InChI is InChI=1S/C24H26N4O3/c1-14-5-7-17(8-6-14)22-21-19(27(4)24(31)26-22)12-28(23(21)30)13-20(29)25-18-10-15(2)9-16(3)11-18/h5-11,22H,12-13H2,1-4H3,(H,25,29)(H,26,31)/t22-/m0/s1. The van der Waals surface area contributed by atoms with Crippen LogP contribution in [0.1, 0.15) is 28.3 Å². The zero-order valence-electron chi connectivity index (χ0n) is 18.2. The summed E-state index contributed by atoms with van der Waals surface area (Å²) in [6.07, 6.45) is 0. The van der Waals surface area contributed by atoms with Gasteiger partial charge in [0, 0.05) is 12.7 Å². The van der Waals surface area contributed by atoms with E-state index in [1.165, 1.54) is 9.80 Å². The zero-order chi connectivity index (χ0) is 22.3. The highest BCUT2D eigenvalue weighted by atomic mass is 16.2. The lowest BCUT2D eigenvalue weighted by Crippen LogP contribution is -2.45. The molecule has 1 atom stereocenters. The van der Waals surface area contributed by atoms with E-state index in [2.05, 4.69) is 10.6 Å². The minimum absolute atomic E-state index is 0.0819. The first-order valence-corrected chi connectivity index (χ1v) is 10.2. The maximum atomic E-state index is 13.2. The number of aryl methyl sites for hydroxylation is 3. The third kappa shape index (κ3) is 4.03. The monoisotopic (exact) mass is 418 g/mol. The maximum Gasteiger partial charge on any atom is 0.322 e. The first-order chi connectivity index (χ1) is 14.7. The Morgan fingerprint density at radius 2 is 1.68 bits per heavy atom. The average molecular weight is 418 g/mol. The molecule has 7 nitrogen and oxygen atoms in total. The quantitative estimate of drug-likeness (QED) is 0.801. The van der Waals surface area contributed by atoms with Crippen molar-refractivity contribution < 1.29 is 14.4 Å². The molecule has 0 aliphatic carbocycles. The summed E-state index contributed by atoms with van der Waals surface area (Å²) in [6.45, 7) is 6.06. The third-order valence-corrected chi connectivity index (χ3v) is 5.69. The van der Waals surface area contributed by atoms with Crippen LogP contribution in [-0.4, -0.2) is 47.8 Å². The Hall–Kier alpha value is -3.61. The number of carbonyl (C=O) groups is 3. The van der Waals surface area contributed by atoms with Gasteiger partial charge in [-0.1, -0.05) is 35.9 Å². The number of carbonyl (C=O) groups excluding carboxylic acids is 3. The van der Waals surface area contributed by atoms with Gasteiger partial charge in [-0.15, -0.1) is 0 Å². The van der Waals surface area contributed by atoms with Gasteiger partial charge in [0.05, 0.1) is 23.9 Å². The second kappa shape index (κ2) is 7.91. The molecular weight excluding hydrogens is 392 g/mol. The number of likely N-dealkylation sites (N-methyl/N-ethyl adjacent to an activating group) is 1. The lowest BCUT2D eigenvalue weighted by Gasteiger charge is -2.31. The number of urea groups is 1. The highest BCUT2D eigenvalue weighted by Gasteiger charge is 2.43. The van der Waals surface area contributed by atoms with E-state index in [0.29, 0.717) is 17.0 Å². The number of hydrogen-bond acceptors (Lipinski definition) is 3. The number of hydrogen-bond donors (Lipinski definition) is 2.